The van der Waals surface area contributed by atoms with E-state index in [1.54, 1.807) is 23.8 Å². The van der Waals surface area contributed by atoms with Crippen LogP contribution in [0.2, 0.25) is 0 Å². The number of nitrogens with zero attached hydrogens (tertiary/aromatic N) is 1. The molecule has 0 bridgehead atoms. The van der Waals surface area contributed by atoms with E-state index in [1.165, 1.54) is 11.1 Å². The summed E-state index contributed by atoms with van der Waals surface area (Å²) in [5.41, 5.74) is 8.60. The lowest BCUT2D eigenvalue weighted by Gasteiger charge is -2.32. The Labute approximate surface area is 185 Å². The van der Waals surface area contributed by atoms with Gasteiger partial charge in [0.15, 0.2) is 0 Å². The number of nitrogens with one attached hydrogen (secondary N) is 1. The number of hydrogen-bond acceptors (Lipinski definition) is 7. The molecule has 8 heteroatoms. The number of nitrogens with two attached hydrogens (primary N) is 1. The summed E-state index contributed by atoms with van der Waals surface area (Å²) < 4.78 is 16.7. The molecule has 7 nitrogen and oxygen atoms in total. The normalized spacial score (nSPS) is 19.6. The van der Waals surface area contributed by atoms with Crippen molar-refractivity contribution in [3.8, 4) is 0 Å². The molecule has 1 unspecified atom stereocenters. The monoisotopic (exact) mass is 439 g/mol. The van der Waals surface area contributed by atoms with Crippen LogP contribution in [0.25, 0.3) is 0 Å². The molecular weight excluding hydrogens is 402 g/mol. The number of carbonyl (C=O) groups excluding carboxylic acids is 1. The maximum Gasteiger partial charge on any atom is 0.410 e. The Balaban J connectivity index is 2.22. The van der Waals surface area contributed by atoms with E-state index in [2.05, 4.69) is 24.4 Å². The largest absolute Gasteiger partial charge is 0.444 e. The minimum Gasteiger partial charge on any atom is -0.444 e. The molecule has 2 aliphatic heterocycles. The van der Waals surface area contributed by atoms with E-state index >= 15 is 0 Å². The van der Waals surface area contributed by atoms with E-state index in [9.17, 15) is 4.79 Å². The number of rotatable bonds is 8. The number of methoxy groups -OCH3 is 1. The zero-order chi connectivity index (χ0) is 22.3. The molecule has 2 heterocycles. The molecule has 170 valence electrons. The molecule has 30 heavy (non-hydrogen) atoms. The molecule has 0 aromatic carbocycles. The van der Waals surface area contributed by atoms with Gasteiger partial charge < -0.3 is 30.2 Å². The number of dihydropyridines is 1. The van der Waals surface area contributed by atoms with Crippen LogP contribution >= 0.6 is 11.8 Å². The van der Waals surface area contributed by atoms with E-state index in [0.29, 0.717) is 13.1 Å². The average molecular weight is 440 g/mol. The molecule has 2 rings (SSSR count). The van der Waals surface area contributed by atoms with Crippen LogP contribution in [0, 0.1) is 0 Å². The lowest BCUT2D eigenvalue weighted by Crippen LogP contribution is -2.40. The van der Waals surface area contributed by atoms with E-state index in [4.69, 9.17) is 19.9 Å². The second-order valence-corrected chi connectivity index (χ2v) is 9.56. The van der Waals surface area contributed by atoms with Crippen molar-refractivity contribution in [1.82, 2.24) is 10.2 Å². The molecule has 1 amide bonds. The van der Waals surface area contributed by atoms with Gasteiger partial charge in [-0.15, -0.1) is 0 Å². The fourth-order valence-electron chi connectivity index (χ4n) is 3.17. The summed E-state index contributed by atoms with van der Waals surface area (Å²) in [6.07, 6.45) is 5.74. The molecule has 0 spiro atoms. The molecule has 2 aliphatic rings. The Morgan fingerprint density at radius 3 is 2.67 bits per heavy atom. The van der Waals surface area contributed by atoms with Gasteiger partial charge in [-0.25, -0.2) is 4.79 Å². The predicted molar refractivity (Wildman–Crippen MR) is 122 cm³/mol. The Hall–Kier alpha value is -1.48. The van der Waals surface area contributed by atoms with E-state index in [-0.39, 0.29) is 24.4 Å². The molecule has 3 N–H and O–H groups in total. The number of carbonyl (C=O) groups is 1. The average Bonchev–Trinajstić information content (AvgIpc) is 2.71. The summed E-state index contributed by atoms with van der Waals surface area (Å²) in [6.45, 7) is 11.9. The van der Waals surface area contributed by atoms with Crippen LogP contribution in [0.4, 0.5) is 4.79 Å². The number of hydrogen-bond donors (Lipinski definition) is 2. The molecule has 0 saturated carbocycles. The zero-order valence-electron chi connectivity index (χ0n) is 19.1. The molecule has 0 aliphatic carbocycles. The Bertz CT molecular complexity index is 697. The van der Waals surface area contributed by atoms with E-state index < -0.39 is 5.60 Å². The van der Waals surface area contributed by atoms with Gasteiger partial charge >= 0.3 is 6.09 Å². The minimum absolute atomic E-state index is 0.101. The third-order valence-electron chi connectivity index (χ3n) is 4.97. The van der Waals surface area contributed by atoms with Crippen LogP contribution in [0.15, 0.2) is 33.9 Å². The first-order valence-electron chi connectivity index (χ1n) is 10.5. The number of ether oxygens (including phenoxy) is 3. The Morgan fingerprint density at radius 2 is 2.13 bits per heavy atom. The lowest BCUT2D eigenvalue weighted by atomic mass is 10.0. The number of allylic oxidation sites excluding steroid dienone is 2. The summed E-state index contributed by atoms with van der Waals surface area (Å²) in [6, 6.07) is 0. The van der Waals surface area contributed by atoms with E-state index in [0.717, 1.165) is 30.0 Å². The molecular formula is C22H37N3O4S. The molecule has 0 saturated heterocycles. The van der Waals surface area contributed by atoms with Crippen molar-refractivity contribution >= 4 is 17.9 Å². The number of amides is 1. The Kier molecular flexibility index (Phi) is 9.28. The first-order chi connectivity index (χ1) is 14.2. The fraction of sp³-hybridized carbons (Fsp3) is 0.682. The minimum atomic E-state index is -0.490. The van der Waals surface area contributed by atoms with Crippen molar-refractivity contribution in [3.63, 3.8) is 0 Å². The van der Waals surface area contributed by atoms with E-state index in [1.807, 2.05) is 27.7 Å². The van der Waals surface area contributed by atoms with Crippen LogP contribution < -0.4 is 11.1 Å². The van der Waals surface area contributed by atoms with Gasteiger partial charge in [0.25, 0.3) is 0 Å². The second-order valence-electron chi connectivity index (χ2n) is 8.42. The molecule has 2 atom stereocenters. The lowest BCUT2D eigenvalue weighted by molar-refractivity contribution is 0.00116. The maximum atomic E-state index is 12.4. The summed E-state index contributed by atoms with van der Waals surface area (Å²) in [5.74, 6) is 0. The first kappa shape index (κ1) is 24.8. The summed E-state index contributed by atoms with van der Waals surface area (Å²) in [4.78, 5) is 15.2. The van der Waals surface area contributed by atoms with Crippen LogP contribution in [0.3, 0.4) is 0 Å². The SMILES string of the molecule is CCC1=CC(SC(OCN)[C@H](C)OC)=C(C2=CCN(C(=O)OC(C)(C)C)CC2)NC1. The highest BCUT2D eigenvalue weighted by molar-refractivity contribution is 8.03. The highest BCUT2D eigenvalue weighted by atomic mass is 32.2. The molecule has 0 fully saturated rings. The molecule has 0 aromatic rings. The van der Waals surface area contributed by atoms with Gasteiger partial charge in [-0.2, -0.15) is 0 Å². The van der Waals surface area contributed by atoms with Crippen LogP contribution in [-0.2, 0) is 14.2 Å². The van der Waals surface area contributed by atoms with Crippen molar-refractivity contribution in [1.29, 1.82) is 0 Å². The fourth-order valence-corrected chi connectivity index (χ4v) is 4.43. The molecule has 0 aromatic heterocycles. The zero-order valence-corrected chi connectivity index (χ0v) is 19.9. The van der Waals surface area contributed by atoms with Gasteiger partial charge in [0, 0.05) is 31.6 Å². The predicted octanol–water partition coefficient (Wildman–Crippen LogP) is 3.73. The summed E-state index contributed by atoms with van der Waals surface area (Å²) in [5, 5.41) is 3.59. The van der Waals surface area contributed by atoms with Crippen LogP contribution in [-0.4, -0.2) is 61.6 Å². The second kappa shape index (κ2) is 11.2. The highest BCUT2D eigenvalue weighted by Crippen LogP contribution is 2.35. The Morgan fingerprint density at radius 1 is 1.40 bits per heavy atom. The van der Waals surface area contributed by atoms with Gasteiger partial charge in [0.05, 0.1) is 18.5 Å². The highest BCUT2D eigenvalue weighted by Gasteiger charge is 2.27. The molecule has 0 radical (unpaired) electrons. The van der Waals surface area contributed by atoms with Crippen molar-refractivity contribution in [2.24, 2.45) is 5.73 Å². The van der Waals surface area contributed by atoms with Gasteiger partial charge in [0.2, 0.25) is 0 Å². The van der Waals surface area contributed by atoms with Crippen molar-refractivity contribution in [2.45, 2.75) is 64.6 Å². The van der Waals surface area contributed by atoms with Crippen molar-refractivity contribution in [3.05, 3.63) is 33.9 Å². The van der Waals surface area contributed by atoms with Gasteiger partial charge in [0.1, 0.15) is 11.0 Å². The van der Waals surface area contributed by atoms with Crippen molar-refractivity contribution < 1.29 is 19.0 Å². The van der Waals surface area contributed by atoms with Gasteiger partial charge in [-0.1, -0.05) is 30.3 Å². The smallest absolute Gasteiger partial charge is 0.410 e. The van der Waals surface area contributed by atoms with Crippen LogP contribution in [0.1, 0.15) is 47.5 Å². The standard InChI is InChI=1S/C22H37N3O4S/c1-7-16-12-18(30-20(28-14-23)15(2)27-6)19(24-13-16)17-8-10-25(11-9-17)21(26)29-22(3,4)5/h8,12,15,20,24H,7,9-11,13-14,23H2,1-6H3/t15-,20?/m0/s1. The van der Waals surface area contributed by atoms with Gasteiger partial charge in [-0.3, -0.25) is 0 Å². The summed E-state index contributed by atoms with van der Waals surface area (Å²) in [7, 11) is 1.68. The third kappa shape index (κ3) is 7.04. The summed E-state index contributed by atoms with van der Waals surface area (Å²) >= 11 is 1.63. The van der Waals surface area contributed by atoms with Crippen molar-refractivity contribution in [2.75, 3.05) is 33.5 Å². The third-order valence-corrected chi connectivity index (χ3v) is 6.30. The number of thioether (sulfide) groups is 1. The topological polar surface area (TPSA) is 86.1 Å². The van der Waals surface area contributed by atoms with Crippen LogP contribution in [0.5, 0.6) is 0 Å². The van der Waals surface area contributed by atoms with Gasteiger partial charge in [-0.05, 0) is 52.2 Å². The maximum absolute atomic E-state index is 12.4. The quantitative estimate of drug-likeness (QED) is 0.557. The first-order valence-corrected chi connectivity index (χ1v) is 11.4.